The summed E-state index contributed by atoms with van der Waals surface area (Å²) in [5, 5.41) is 4.31. The van der Waals surface area contributed by atoms with Gasteiger partial charge < -0.3 is 15.5 Å². The molecule has 3 heterocycles. The van der Waals surface area contributed by atoms with Gasteiger partial charge in [0.15, 0.2) is 5.82 Å². The minimum Gasteiger partial charge on any atom is -0.382 e. The molecule has 1 fully saturated rings. The molecule has 0 spiro atoms. The summed E-state index contributed by atoms with van der Waals surface area (Å²) in [6, 6.07) is 11.6. The number of amides is 2. The minimum atomic E-state index is -0.835. The molecule has 1 atom stereocenters. The molecule has 1 aliphatic rings. The molecule has 1 unspecified atom stereocenters. The first-order chi connectivity index (χ1) is 14.4. The summed E-state index contributed by atoms with van der Waals surface area (Å²) < 4.78 is 1.75. The molecule has 8 nitrogen and oxygen atoms in total. The predicted octanol–water partition coefficient (Wildman–Crippen LogP) is 2.73. The number of hydrogen-bond donors (Lipinski definition) is 1. The fourth-order valence-electron chi connectivity index (χ4n) is 4.44. The second-order valence-electron chi connectivity index (χ2n) is 7.86. The van der Waals surface area contributed by atoms with Crippen LogP contribution in [0.25, 0.3) is 16.8 Å². The first-order valence-corrected chi connectivity index (χ1v) is 10.2. The van der Waals surface area contributed by atoms with Gasteiger partial charge in [-0.1, -0.05) is 25.5 Å². The van der Waals surface area contributed by atoms with Gasteiger partial charge in [-0.2, -0.15) is 5.10 Å². The van der Waals surface area contributed by atoms with E-state index in [4.69, 9.17) is 5.73 Å². The maximum Gasteiger partial charge on any atom is 0.252 e. The zero-order valence-corrected chi connectivity index (χ0v) is 17.5. The summed E-state index contributed by atoms with van der Waals surface area (Å²) in [4.78, 5) is 33.2. The van der Waals surface area contributed by atoms with Crippen LogP contribution in [0, 0.1) is 0 Å². The molecule has 8 heteroatoms. The van der Waals surface area contributed by atoms with E-state index in [0.717, 1.165) is 28.9 Å². The summed E-state index contributed by atoms with van der Waals surface area (Å²) in [5.74, 6) is 0.303. The summed E-state index contributed by atoms with van der Waals surface area (Å²) in [5.41, 5.74) is 8.45. The van der Waals surface area contributed by atoms with Crippen LogP contribution in [-0.2, 0) is 9.59 Å². The van der Waals surface area contributed by atoms with E-state index in [2.05, 4.69) is 10.1 Å². The number of aromatic nitrogens is 3. The van der Waals surface area contributed by atoms with Crippen molar-refractivity contribution < 1.29 is 9.59 Å². The molecular weight excluding hydrogens is 380 g/mol. The normalized spacial score (nSPS) is 19.5. The molecule has 2 amide bonds. The highest BCUT2D eigenvalue weighted by atomic mass is 16.2. The van der Waals surface area contributed by atoms with Crippen LogP contribution in [0.4, 0.5) is 11.5 Å². The number of benzene rings is 1. The molecule has 3 aromatic rings. The van der Waals surface area contributed by atoms with Crippen LogP contribution in [0.3, 0.4) is 0 Å². The molecule has 4 rings (SSSR count). The largest absolute Gasteiger partial charge is 0.382 e. The number of nitrogen functional groups attached to an aromatic ring is 1. The number of rotatable bonds is 4. The van der Waals surface area contributed by atoms with Gasteiger partial charge in [0.25, 0.3) is 5.91 Å². The van der Waals surface area contributed by atoms with Crippen molar-refractivity contribution in [1.82, 2.24) is 19.5 Å². The topological polar surface area (TPSA) is 96.8 Å². The van der Waals surface area contributed by atoms with E-state index in [1.54, 1.807) is 14.3 Å². The van der Waals surface area contributed by atoms with Crippen molar-refractivity contribution in [2.24, 2.45) is 0 Å². The number of carbonyl (C=O) groups excluding carboxylic acids is 2. The number of carbonyl (C=O) groups is 2. The molecule has 30 heavy (non-hydrogen) atoms. The molecule has 2 aromatic heterocycles. The predicted molar refractivity (Wildman–Crippen MR) is 116 cm³/mol. The van der Waals surface area contributed by atoms with Crippen molar-refractivity contribution in [2.45, 2.75) is 39.2 Å². The number of nitrogens with zero attached hydrogens (tertiary/aromatic N) is 5. The first kappa shape index (κ1) is 19.9. The molecule has 1 aromatic carbocycles. The molecule has 2 N–H and O–H groups in total. The van der Waals surface area contributed by atoms with Crippen molar-refractivity contribution in [3.63, 3.8) is 0 Å². The maximum absolute atomic E-state index is 13.5. The van der Waals surface area contributed by atoms with Crippen molar-refractivity contribution in [1.29, 1.82) is 0 Å². The average Bonchev–Trinajstić information content (AvgIpc) is 3.16. The molecule has 1 saturated heterocycles. The minimum absolute atomic E-state index is 0.0467. The Balaban J connectivity index is 1.73. The highest BCUT2D eigenvalue weighted by Gasteiger charge is 2.46. The Bertz CT molecular complexity index is 1120. The number of hydrogen-bond acceptors (Lipinski definition) is 5. The van der Waals surface area contributed by atoms with Crippen molar-refractivity contribution in [2.75, 3.05) is 23.7 Å². The third-order valence-electron chi connectivity index (χ3n) is 5.90. The molecular formula is C22H26N6O2. The van der Waals surface area contributed by atoms with Crippen LogP contribution >= 0.6 is 0 Å². The van der Waals surface area contributed by atoms with Crippen LogP contribution in [0.15, 0.2) is 42.7 Å². The average molecular weight is 406 g/mol. The van der Waals surface area contributed by atoms with Gasteiger partial charge in [-0.3, -0.25) is 9.59 Å². The zero-order valence-electron chi connectivity index (χ0n) is 17.5. The lowest BCUT2D eigenvalue weighted by Crippen LogP contribution is -2.65. The lowest BCUT2D eigenvalue weighted by molar-refractivity contribution is -0.147. The lowest BCUT2D eigenvalue weighted by Gasteiger charge is -2.47. The second-order valence-corrected chi connectivity index (χ2v) is 7.86. The summed E-state index contributed by atoms with van der Waals surface area (Å²) >= 11 is 0. The Hall–Kier alpha value is -3.42. The summed E-state index contributed by atoms with van der Waals surface area (Å²) in [6.07, 6.45) is 2.87. The Morgan fingerprint density at radius 3 is 2.77 bits per heavy atom. The van der Waals surface area contributed by atoms with Crippen LogP contribution in [0.1, 0.15) is 33.6 Å². The van der Waals surface area contributed by atoms with Crippen molar-refractivity contribution >= 4 is 28.8 Å². The number of nitrogens with two attached hydrogens (primary N) is 1. The van der Waals surface area contributed by atoms with Crippen LogP contribution in [0.5, 0.6) is 0 Å². The quantitative estimate of drug-likeness (QED) is 0.719. The van der Waals surface area contributed by atoms with E-state index in [1.807, 2.05) is 50.2 Å². The van der Waals surface area contributed by atoms with Gasteiger partial charge in [0.1, 0.15) is 17.4 Å². The van der Waals surface area contributed by atoms with E-state index in [1.165, 1.54) is 13.3 Å². The van der Waals surface area contributed by atoms with E-state index < -0.39 is 5.54 Å². The van der Waals surface area contributed by atoms with Gasteiger partial charge in [-0.05, 0) is 37.6 Å². The Labute approximate surface area is 175 Å². The molecule has 1 aliphatic heterocycles. The molecule has 0 saturated carbocycles. The van der Waals surface area contributed by atoms with Crippen LogP contribution in [-0.4, -0.2) is 49.9 Å². The first-order valence-electron chi connectivity index (χ1n) is 10.2. The molecule has 0 bridgehead atoms. The molecule has 156 valence electrons. The third kappa shape index (κ3) is 3.08. The summed E-state index contributed by atoms with van der Waals surface area (Å²) in [7, 11) is 0. The van der Waals surface area contributed by atoms with E-state index in [0.29, 0.717) is 25.3 Å². The standard InChI is InChI=1S/C22H26N6O2/c1-4-10-22(3)21(30)26(11-12-27(22)15(2)29)17-7-5-6-16(13-17)18-8-9-19-20(23)24-14-25-28(18)19/h5-9,13-14H,4,10-12H2,1-3H3,(H2,23,24,25). The molecule has 0 radical (unpaired) electrons. The SMILES string of the molecule is CCCC1(C)C(=O)N(c2cccc(-c3ccc4c(N)ncnn34)c2)CCN1C(C)=O. The van der Waals surface area contributed by atoms with Gasteiger partial charge in [0, 0.05) is 31.3 Å². The van der Waals surface area contributed by atoms with Crippen LogP contribution < -0.4 is 10.6 Å². The van der Waals surface area contributed by atoms with Gasteiger partial charge in [-0.15, -0.1) is 0 Å². The van der Waals surface area contributed by atoms with E-state index >= 15 is 0 Å². The van der Waals surface area contributed by atoms with Gasteiger partial charge in [-0.25, -0.2) is 9.50 Å². The van der Waals surface area contributed by atoms with E-state index in [9.17, 15) is 9.59 Å². The zero-order chi connectivity index (χ0) is 21.5. The Morgan fingerprint density at radius 2 is 2.03 bits per heavy atom. The lowest BCUT2D eigenvalue weighted by atomic mass is 9.89. The highest BCUT2D eigenvalue weighted by molar-refractivity contribution is 6.03. The van der Waals surface area contributed by atoms with Crippen molar-refractivity contribution in [3.05, 3.63) is 42.7 Å². The maximum atomic E-state index is 13.5. The fourth-order valence-corrected chi connectivity index (χ4v) is 4.44. The highest BCUT2D eigenvalue weighted by Crippen LogP contribution is 2.33. The van der Waals surface area contributed by atoms with E-state index in [-0.39, 0.29) is 11.8 Å². The monoisotopic (exact) mass is 406 g/mol. The van der Waals surface area contributed by atoms with Crippen LogP contribution in [0.2, 0.25) is 0 Å². The van der Waals surface area contributed by atoms with Gasteiger partial charge in [0.2, 0.25) is 5.91 Å². The number of anilines is 2. The number of fused-ring (bicyclic) bond motifs is 1. The fraction of sp³-hybridized carbons (Fsp3) is 0.364. The third-order valence-corrected chi connectivity index (χ3v) is 5.90. The Morgan fingerprint density at radius 1 is 1.23 bits per heavy atom. The van der Waals surface area contributed by atoms with Crippen molar-refractivity contribution in [3.8, 4) is 11.3 Å². The number of piperazine rings is 1. The van der Waals surface area contributed by atoms with Gasteiger partial charge >= 0.3 is 0 Å². The Kier molecular flexibility index (Phi) is 4.93. The van der Waals surface area contributed by atoms with Gasteiger partial charge in [0.05, 0.1) is 5.69 Å². The smallest absolute Gasteiger partial charge is 0.252 e. The second kappa shape index (κ2) is 7.44. The summed E-state index contributed by atoms with van der Waals surface area (Å²) in [6.45, 7) is 6.41. The molecule has 0 aliphatic carbocycles.